The van der Waals surface area contributed by atoms with Crippen molar-refractivity contribution in [3.05, 3.63) is 44.3 Å². The van der Waals surface area contributed by atoms with Crippen molar-refractivity contribution in [3.8, 4) is 0 Å². The molecule has 0 spiro atoms. The molecule has 2 aromatic rings. The topological polar surface area (TPSA) is 84.3 Å². The third-order valence-electron chi connectivity index (χ3n) is 2.32. The Morgan fingerprint density at radius 3 is 2.55 bits per heavy atom. The van der Waals surface area contributed by atoms with E-state index in [1.165, 1.54) is 23.6 Å². The second-order valence-corrected chi connectivity index (χ2v) is 7.45. The number of benzene rings is 1. The van der Waals surface area contributed by atoms with Gasteiger partial charge in [0.25, 0.3) is 0 Å². The number of halogens is 2. The number of nitrogens with zero attached hydrogens (tertiary/aromatic N) is 1. The van der Waals surface area contributed by atoms with E-state index < -0.39 is 21.6 Å². The van der Waals surface area contributed by atoms with Crippen molar-refractivity contribution >= 4 is 50.3 Å². The van der Waals surface area contributed by atoms with Crippen LogP contribution in [0.25, 0.3) is 0 Å². The molecule has 0 aliphatic heterocycles. The highest BCUT2D eigenvalue weighted by Crippen LogP contribution is 2.26. The van der Waals surface area contributed by atoms with Crippen LogP contribution < -0.4 is 0 Å². The summed E-state index contributed by atoms with van der Waals surface area (Å²) in [7, 11) is -3.66. The van der Waals surface area contributed by atoms with Crippen LogP contribution in [0.5, 0.6) is 0 Å². The minimum Gasteiger partial charge on any atom is -0.476 e. The van der Waals surface area contributed by atoms with Crippen LogP contribution in [0.3, 0.4) is 0 Å². The predicted molar refractivity (Wildman–Crippen MR) is 76.4 cm³/mol. The molecule has 0 bridgehead atoms. The Kier molecular flexibility index (Phi) is 4.33. The van der Waals surface area contributed by atoms with Crippen LogP contribution in [0.2, 0.25) is 10.0 Å². The summed E-state index contributed by atoms with van der Waals surface area (Å²) in [6.07, 6.45) is 0. The van der Waals surface area contributed by atoms with E-state index in [4.69, 9.17) is 28.3 Å². The van der Waals surface area contributed by atoms with Crippen molar-refractivity contribution in [1.82, 2.24) is 4.98 Å². The first-order chi connectivity index (χ1) is 9.29. The van der Waals surface area contributed by atoms with Gasteiger partial charge in [0.2, 0.25) is 5.01 Å². The summed E-state index contributed by atoms with van der Waals surface area (Å²) in [6.45, 7) is 0. The van der Waals surface area contributed by atoms with Crippen LogP contribution in [-0.2, 0) is 15.6 Å². The lowest BCUT2D eigenvalue weighted by atomic mass is 10.4. The molecular weight excluding hydrogens is 345 g/mol. The Bertz CT molecular complexity index is 770. The largest absolute Gasteiger partial charge is 0.476 e. The van der Waals surface area contributed by atoms with Crippen LogP contribution in [0.15, 0.2) is 28.5 Å². The lowest BCUT2D eigenvalue weighted by Gasteiger charge is -2.04. The highest BCUT2D eigenvalue weighted by molar-refractivity contribution is 7.90. The summed E-state index contributed by atoms with van der Waals surface area (Å²) in [5.74, 6) is -1.58. The van der Waals surface area contributed by atoms with E-state index in [1.54, 1.807) is 0 Å². The third kappa shape index (κ3) is 3.29. The molecule has 0 radical (unpaired) electrons. The zero-order valence-corrected chi connectivity index (χ0v) is 12.9. The summed E-state index contributed by atoms with van der Waals surface area (Å²) in [5.41, 5.74) is 0.179. The molecule has 5 nitrogen and oxygen atoms in total. The number of rotatable bonds is 4. The van der Waals surface area contributed by atoms with Crippen molar-refractivity contribution in [2.45, 2.75) is 10.6 Å². The number of aromatic nitrogens is 1. The molecule has 0 saturated heterocycles. The Morgan fingerprint density at radius 1 is 1.30 bits per heavy atom. The van der Waals surface area contributed by atoms with E-state index in [2.05, 4.69) is 4.98 Å². The minimum atomic E-state index is -3.66. The third-order valence-corrected chi connectivity index (χ3v) is 5.59. The molecule has 0 aliphatic rings. The molecule has 0 fully saturated rings. The van der Waals surface area contributed by atoms with Gasteiger partial charge in [0.05, 0.1) is 26.4 Å². The van der Waals surface area contributed by atoms with Gasteiger partial charge >= 0.3 is 5.97 Å². The van der Waals surface area contributed by atoms with E-state index in [-0.39, 0.29) is 25.6 Å². The molecule has 1 aromatic carbocycles. The monoisotopic (exact) mass is 351 g/mol. The van der Waals surface area contributed by atoms with E-state index in [9.17, 15) is 13.2 Å². The molecule has 20 heavy (non-hydrogen) atoms. The summed E-state index contributed by atoms with van der Waals surface area (Å²) >= 11 is 12.4. The summed E-state index contributed by atoms with van der Waals surface area (Å²) < 4.78 is 24.3. The fourth-order valence-corrected chi connectivity index (χ4v) is 3.82. The molecule has 2 rings (SSSR count). The van der Waals surface area contributed by atoms with Crippen molar-refractivity contribution in [3.63, 3.8) is 0 Å². The number of aromatic carboxylic acids is 1. The fourth-order valence-electron chi connectivity index (χ4n) is 1.42. The normalized spacial score (nSPS) is 11.5. The molecule has 0 saturated carbocycles. The Morgan fingerprint density at radius 2 is 2.00 bits per heavy atom. The van der Waals surface area contributed by atoms with E-state index >= 15 is 0 Å². The average molecular weight is 352 g/mol. The maximum Gasteiger partial charge on any atom is 0.365 e. The van der Waals surface area contributed by atoms with Crippen LogP contribution in [0.4, 0.5) is 0 Å². The molecule has 0 aliphatic carbocycles. The molecule has 1 aromatic heterocycles. The number of carboxylic acids is 1. The Hall–Kier alpha value is -1.15. The first-order valence-corrected chi connectivity index (χ1v) is 8.44. The molecule has 1 N–H and O–H groups in total. The lowest BCUT2D eigenvalue weighted by Crippen LogP contribution is -2.06. The fraction of sp³-hybridized carbons (Fsp3) is 0.0909. The van der Waals surface area contributed by atoms with E-state index in [0.29, 0.717) is 0 Å². The van der Waals surface area contributed by atoms with Gasteiger partial charge < -0.3 is 5.11 Å². The zero-order chi connectivity index (χ0) is 14.9. The van der Waals surface area contributed by atoms with Crippen molar-refractivity contribution in [2.75, 3.05) is 0 Å². The van der Waals surface area contributed by atoms with Crippen molar-refractivity contribution in [2.24, 2.45) is 0 Å². The molecule has 9 heteroatoms. The van der Waals surface area contributed by atoms with Gasteiger partial charge in [-0.2, -0.15) is 0 Å². The maximum absolute atomic E-state index is 12.2. The van der Waals surface area contributed by atoms with Gasteiger partial charge in [-0.05, 0) is 18.2 Å². The Labute approximate surface area is 128 Å². The van der Waals surface area contributed by atoms with Gasteiger partial charge in [0.1, 0.15) is 0 Å². The Balaban J connectivity index is 2.30. The second kappa shape index (κ2) is 5.69. The number of carbonyl (C=O) groups is 1. The SMILES string of the molecule is O=C(O)c1nc(CS(=O)(=O)c2ccc(Cl)c(Cl)c2)cs1. The van der Waals surface area contributed by atoms with Crippen LogP contribution in [-0.4, -0.2) is 24.5 Å². The number of thiazole rings is 1. The zero-order valence-electron chi connectivity index (χ0n) is 9.71. The smallest absolute Gasteiger partial charge is 0.365 e. The molecule has 106 valence electrons. The van der Waals surface area contributed by atoms with Gasteiger partial charge in [-0.1, -0.05) is 23.2 Å². The molecule has 1 heterocycles. The highest BCUT2D eigenvalue weighted by Gasteiger charge is 2.19. The summed E-state index contributed by atoms with van der Waals surface area (Å²) in [5, 5.41) is 10.4. The number of carboxylic acid groups (broad SMARTS) is 1. The number of sulfone groups is 1. The highest BCUT2D eigenvalue weighted by atomic mass is 35.5. The first kappa shape index (κ1) is 15.2. The van der Waals surface area contributed by atoms with Crippen molar-refractivity contribution < 1.29 is 18.3 Å². The van der Waals surface area contributed by atoms with Gasteiger partial charge in [-0.3, -0.25) is 0 Å². The number of hydrogen-bond acceptors (Lipinski definition) is 5. The first-order valence-electron chi connectivity index (χ1n) is 5.15. The van der Waals surface area contributed by atoms with Gasteiger partial charge in [-0.25, -0.2) is 18.2 Å². The molecular formula is C11H7Cl2NO4S2. The lowest BCUT2D eigenvalue weighted by molar-refractivity contribution is 0.0696. The predicted octanol–water partition coefficient (Wildman–Crippen LogP) is 3.12. The van der Waals surface area contributed by atoms with Crippen LogP contribution in [0.1, 0.15) is 15.5 Å². The average Bonchev–Trinajstić information content (AvgIpc) is 2.80. The second-order valence-electron chi connectivity index (χ2n) is 3.78. The minimum absolute atomic E-state index is 0.0109. The van der Waals surface area contributed by atoms with Gasteiger partial charge in [0.15, 0.2) is 9.84 Å². The van der Waals surface area contributed by atoms with Crippen LogP contribution in [0, 0.1) is 0 Å². The van der Waals surface area contributed by atoms with Crippen LogP contribution >= 0.6 is 34.5 Å². The maximum atomic E-state index is 12.2. The standard InChI is InChI=1S/C11H7Cl2NO4S2/c12-8-2-1-7(3-9(8)13)20(17,18)5-6-4-19-10(14-6)11(15)16/h1-4H,5H2,(H,15,16). The molecule has 0 atom stereocenters. The van der Waals surface area contributed by atoms with Crippen molar-refractivity contribution in [1.29, 1.82) is 0 Å². The molecule has 0 unspecified atom stereocenters. The van der Waals surface area contributed by atoms with E-state index in [1.807, 2.05) is 0 Å². The summed E-state index contributed by atoms with van der Waals surface area (Å²) in [4.78, 5) is 14.5. The van der Waals surface area contributed by atoms with Gasteiger partial charge in [-0.15, -0.1) is 11.3 Å². The van der Waals surface area contributed by atoms with Gasteiger partial charge in [0, 0.05) is 5.38 Å². The molecule has 0 amide bonds. The quantitative estimate of drug-likeness (QED) is 0.914. The number of hydrogen-bond donors (Lipinski definition) is 1. The summed E-state index contributed by atoms with van der Waals surface area (Å²) in [6, 6.07) is 3.98. The van der Waals surface area contributed by atoms with E-state index in [0.717, 1.165) is 11.3 Å².